The second-order valence-corrected chi connectivity index (χ2v) is 4.55. The number of hydrogen-bond donors (Lipinski definition) is 2. The number of rotatable bonds is 4. The Bertz CT molecular complexity index is 418. The minimum atomic E-state index is -0.0929. The minimum absolute atomic E-state index is 0.0929. The Labute approximate surface area is 101 Å². The second kappa shape index (κ2) is 5.19. The van der Waals surface area contributed by atoms with E-state index in [1.165, 1.54) is 5.56 Å². The van der Waals surface area contributed by atoms with E-state index in [-0.39, 0.29) is 12.5 Å². The number of nitrogens with one attached hydrogen (secondary N) is 1. The molecule has 0 aliphatic carbocycles. The molecule has 0 bridgehead atoms. The molecule has 0 saturated heterocycles. The molecule has 1 aromatic carbocycles. The Kier molecular flexibility index (Phi) is 3.64. The molecule has 0 radical (unpaired) electrons. The van der Waals surface area contributed by atoms with Crippen molar-refractivity contribution in [1.29, 1.82) is 0 Å². The van der Waals surface area contributed by atoms with Crippen molar-refractivity contribution in [2.24, 2.45) is 11.7 Å². The fourth-order valence-electron chi connectivity index (χ4n) is 2.05. The zero-order valence-electron chi connectivity index (χ0n) is 10.0. The first-order valence-electron chi connectivity index (χ1n) is 5.94. The van der Waals surface area contributed by atoms with Gasteiger partial charge in [-0.3, -0.25) is 4.79 Å². The van der Waals surface area contributed by atoms with E-state index in [0.717, 1.165) is 24.3 Å². The predicted molar refractivity (Wildman–Crippen MR) is 67.1 cm³/mol. The molecule has 0 saturated carbocycles. The van der Waals surface area contributed by atoms with E-state index >= 15 is 0 Å². The molecule has 4 nitrogen and oxygen atoms in total. The van der Waals surface area contributed by atoms with Gasteiger partial charge in [-0.15, -0.1) is 0 Å². The third kappa shape index (κ3) is 2.97. The fraction of sp³-hybridized carbons (Fsp3) is 0.462. The van der Waals surface area contributed by atoms with Crippen LogP contribution in [-0.4, -0.2) is 19.1 Å². The SMILES string of the molecule is CC(CCN)Cc1ccc2c(c1)NC(=O)CO2. The molecule has 3 N–H and O–H groups in total. The van der Waals surface area contributed by atoms with Crippen LogP contribution in [0.3, 0.4) is 0 Å². The Hall–Kier alpha value is -1.55. The van der Waals surface area contributed by atoms with Gasteiger partial charge >= 0.3 is 0 Å². The number of amides is 1. The van der Waals surface area contributed by atoms with Gasteiger partial charge in [-0.2, -0.15) is 0 Å². The van der Waals surface area contributed by atoms with Crippen LogP contribution in [0.4, 0.5) is 5.69 Å². The zero-order valence-corrected chi connectivity index (χ0v) is 10.0. The number of carbonyl (C=O) groups is 1. The van der Waals surface area contributed by atoms with Crippen molar-refractivity contribution in [2.75, 3.05) is 18.5 Å². The summed E-state index contributed by atoms with van der Waals surface area (Å²) in [5, 5.41) is 2.82. The Morgan fingerprint density at radius 3 is 3.12 bits per heavy atom. The number of carbonyl (C=O) groups excluding carboxylic acids is 1. The summed E-state index contributed by atoms with van der Waals surface area (Å²) in [6.45, 7) is 3.00. The molecular weight excluding hydrogens is 216 g/mol. The predicted octanol–water partition coefficient (Wildman–Crippen LogP) is 1.54. The van der Waals surface area contributed by atoms with Gasteiger partial charge in [0.15, 0.2) is 6.61 Å². The van der Waals surface area contributed by atoms with Gasteiger partial charge in [0, 0.05) is 0 Å². The maximum absolute atomic E-state index is 11.2. The van der Waals surface area contributed by atoms with E-state index in [0.29, 0.717) is 12.5 Å². The average molecular weight is 234 g/mol. The van der Waals surface area contributed by atoms with Crippen molar-refractivity contribution in [1.82, 2.24) is 0 Å². The second-order valence-electron chi connectivity index (χ2n) is 4.55. The fourth-order valence-corrected chi connectivity index (χ4v) is 2.05. The molecule has 0 spiro atoms. The third-order valence-electron chi connectivity index (χ3n) is 2.92. The maximum Gasteiger partial charge on any atom is 0.262 e. The molecule has 2 rings (SSSR count). The van der Waals surface area contributed by atoms with E-state index in [1.54, 1.807) is 0 Å². The summed E-state index contributed by atoms with van der Waals surface area (Å²) in [4.78, 5) is 11.2. The van der Waals surface area contributed by atoms with E-state index < -0.39 is 0 Å². The van der Waals surface area contributed by atoms with Gasteiger partial charge in [0.05, 0.1) is 5.69 Å². The van der Waals surface area contributed by atoms with Crippen LogP contribution in [0.15, 0.2) is 18.2 Å². The van der Waals surface area contributed by atoms with Gasteiger partial charge in [-0.25, -0.2) is 0 Å². The molecule has 0 aromatic heterocycles. The lowest BCUT2D eigenvalue weighted by atomic mass is 9.97. The summed E-state index contributed by atoms with van der Waals surface area (Å²) >= 11 is 0. The molecule has 0 fully saturated rings. The maximum atomic E-state index is 11.2. The monoisotopic (exact) mass is 234 g/mol. The van der Waals surface area contributed by atoms with Crippen LogP contribution in [0.2, 0.25) is 0 Å². The Morgan fingerprint density at radius 2 is 2.35 bits per heavy atom. The van der Waals surface area contributed by atoms with Crippen LogP contribution in [0.25, 0.3) is 0 Å². The molecule has 92 valence electrons. The van der Waals surface area contributed by atoms with Crippen molar-refractivity contribution in [3.63, 3.8) is 0 Å². The quantitative estimate of drug-likeness (QED) is 0.830. The minimum Gasteiger partial charge on any atom is -0.482 e. The summed E-state index contributed by atoms with van der Waals surface area (Å²) in [5.41, 5.74) is 7.52. The molecule has 1 heterocycles. The molecule has 1 unspecified atom stereocenters. The average Bonchev–Trinajstić information content (AvgIpc) is 2.28. The molecule has 1 amide bonds. The first-order chi connectivity index (χ1) is 8.19. The molecular formula is C13H18N2O2. The molecule has 1 atom stereocenters. The van der Waals surface area contributed by atoms with E-state index in [4.69, 9.17) is 10.5 Å². The van der Waals surface area contributed by atoms with Crippen molar-refractivity contribution in [2.45, 2.75) is 19.8 Å². The van der Waals surface area contributed by atoms with Gasteiger partial charge in [0.2, 0.25) is 0 Å². The van der Waals surface area contributed by atoms with Crippen molar-refractivity contribution < 1.29 is 9.53 Å². The lowest BCUT2D eigenvalue weighted by molar-refractivity contribution is -0.118. The van der Waals surface area contributed by atoms with Crippen molar-refractivity contribution in [3.05, 3.63) is 23.8 Å². The van der Waals surface area contributed by atoms with Crippen molar-refractivity contribution >= 4 is 11.6 Å². The van der Waals surface area contributed by atoms with Gasteiger partial charge in [0.25, 0.3) is 5.91 Å². The number of anilines is 1. The molecule has 4 heteroatoms. The highest BCUT2D eigenvalue weighted by atomic mass is 16.5. The van der Waals surface area contributed by atoms with Crippen LogP contribution in [0.1, 0.15) is 18.9 Å². The van der Waals surface area contributed by atoms with Crippen molar-refractivity contribution in [3.8, 4) is 5.75 Å². The van der Waals surface area contributed by atoms with Crippen LogP contribution in [0, 0.1) is 5.92 Å². The third-order valence-corrected chi connectivity index (χ3v) is 2.92. The van der Waals surface area contributed by atoms with Gasteiger partial charge in [-0.1, -0.05) is 13.0 Å². The summed E-state index contributed by atoms with van der Waals surface area (Å²) in [6.07, 6.45) is 1.99. The standard InChI is InChI=1S/C13H18N2O2/c1-9(4-5-14)6-10-2-3-12-11(7-10)15-13(16)8-17-12/h2-3,7,9H,4-6,8,14H2,1H3,(H,15,16). The highest BCUT2D eigenvalue weighted by Gasteiger charge is 2.16. The zero-order chi connectivity index (χ0) is 12.3. The largest absolute Gasteiger partial charge is 0.482 e. The number of fused-ring (bicyclic) bond motifs is 1. The molecule has 17 heavy (non-hydrogen) atoms. The topological polar surface area (TPSA) is 64.3 Å². The number of ether oxygens (including phenoxy) is 1. The highest BCUT2D eigenvalue weighted by Crippen LogP contribution is 2.29. The first-order valence-corrected chi connectivity index (χ1v) is 5.94. The summed E-state index contributed by atoms with van der Waals surface area (Å²) < 4.78 is 5.31. The summed E-state index contributed by atoms with van der Waals surface area (Å²) in [7, 11) is 0. The van der Waals surface area contributed by atoms with Crippen LogP contribution >= 0.6 is 0 Å². The first kappa shape index (κ1) is 11.9. The smallest absolute Gasteiger partial charge is 0.262 e. The van der Waals surface area contributed by atoms with Gasteiger partial charge < -0.3 is 15.8 Å². The molecule has 1 aromatic rings. The molecule has 1 aliphatic heterocycles. The lowest BCUT2D eigenvalue weighted by Gasteiger charge is -2.19. The lowest BCUT2D eigenvalue weighted by Crippen LogP contribution is -2.25. The summed E-state index contributed by atoms with van der Waals surface area (Å²) in [6, 6.07) is 5.95. The number of benzene rings is 1. The molecule has 1 aliphatic rings. The van der Waals surface area contributed by atoms with Crippen LogP contribution < -0.4 is 15.8 Å². The number of nitrogens with two attached hydrogens (primary N) is 1. The highest BCUT2D eigenvalue weighted by molar-refractivity contribution is 5.95. The van der Waals surface area contributed by atoms with E-state index in [9.17, 15) is 4.79 Å². The van der Waals surface area contributed by atoms with Gasteiger partial charge in [0.1, 0.15) is 5.75 Å². The van der Waals surface area contributed by atoms with Gasteiger partial charge in [-0.05, 0) is 43.0 Å². The van der Waals surface area contributed by atoms with E-state index in [2.05, 4.69) is 12.2 Å². The van der Waals surface area contributed by atoms with E-state index in [1.807, 2.05) is 18.2 Å². The summed E-state index contributed by atoms with van der Waals surface area (Å²) in [5.74, 6) is 1.21. The number of hydrogen-bond acceptors (Lipinski definition) is 3. The normalized spacial score (nSPS) is 15.8. The Balaban J connectivity index is 2.10. The Morgan fingerprint density at radius 1 is 1.53 bits per heavy atom. The van der Waals surface area contributed by atoms with Crippen LogP contribution in [-0.2, 0) is 11.2 Å². The van der Waals surface area contributed by atoms with Crippen LogP contribution in [0.5, 0.6) is 5.75 Å².